The second-order valence-electron chi connectivity index (χ2n) is 4.18. The summed E-state index contributed by atoms with van der Waals surface area (Å²) in [5, 5.41) is 0. The first-order chi connectivity index (χ1) is 8.13. The predicted octanol–water partition coefficient (Wildman–Crippen LogP) is 2.65. The lowest BCUT2D eigenvalue weighted by Gasteiger charge is -2.15. The Morgan fingerprint density at radius 1 is 1.24 bits per heavy atom. The number of carbonyl (C=O) groups excluding carboxylic acids is 2. The molecular formula is C15H12O2. The van der Waals surface area contributed by atoms with Gasteiger partial charge in [-0.15, -0.1) is 12.3 Å². The first kappa shape index (κ1) is 11.3. The van der Waals surface area contributed by atoms with Crippen molar-refractivity contribution in [2.24, 2.45) is 5.92 Å². The van der Waals surface area contributed by atoms with E-state index in [1.54, 1.807) is 24.3 Å². The van der Waals surface area contributed by atoms with Gasteiger partial charge in [0, 0.05) is 22.6 Å². The fourth-order valence-electron chi connectivity index (χ4n) is 1.91. The molecule has 1 atom stereocenters. The maximum atomic E-state index is 12.1. The molecule has 1 aliphatic carbocycles. The molecule has 0 saturated carbocycles. The zero-order valence-corrected chi connectivity index (χ0v) is 9.57. The average Bonchev–Trinajstić information content (AvgIpc) is 2.35. The monoisotopic (exact) mass is 224 g/mol. The SMILES string of the molecule is C#CC(C)CC1=CC(=O)c2ccccc2C1=O. The van der Waals surface area contributed by atoms with Gasteiger partial charge >= 0.3 is 0 Å². The summed E-state index contributed by atoms with van der Waals surface area (Å²) in [6.45, 7) is 1.86. The van der Waals surface area contributed by atoms with Crippen molar-refractivity contribution in [2.45, 2.75) is 13.3 Å². The molecule has 0 aliphatic heterocycles. The quantitative estimate of drug-likeness (QED) is 0.724. The van der Waals surface area contributed by atoms with Gasteiger partial charge in [0.2, 0.25) is 0 Å². The van der Waals surface area contributed by atoms with Crippen LogP contribution in [0.25, 0.3) is 0 Å². The predicted molar refractivity (Wildman–Crippen MR) is 65.8 cm³/mol. The highest BCUT2D eigenvalue weighted by Gasteiger charge is 2.25. The zero-order chi connectivity index (χ0) is 12.4. The maximum Gasteiger partial charge on any atom is 0.189 e. The Bertz CT molecular complexity index is 559. The van der Waals surface area contributed by atoms with Crippen molar-refractivity contribution in [3.8, 4) is 12.3 Å². The molecule has 0 spiro atoms. The minimum atomic E-state index is -0.112. The van der Waals surface area contributed by atoms with Gasteiger partial charge in [-0.3, -0.25) is 9.59 Å². The Morgan fingerprint density at radius 2 is 1.88 bits per heavy atom. The number of terminal acetylenes is 1. The van der Waals surface area contributed by atoms with Gasteiger partial charge in [0.25, 0.3) is 0 Å². The number of allylic oxidation sites excluding steroid dienone is 2. The Labute approximate surface area is 100 Å². The van der Waals surface area contributed by atoms with Crippen molar-refractivity contribution in [3.05, 3.63) is 47.0 Å². The molecule has 1 aromatic carbocycles. The van der Waals surface area contributed by atoms with Crippen LogP contribution in [0.2, 0.25) is 0 Å². The summed E-state index contributed by atoms with van der Waals surface area (Å²) in [7, 11) is 0. The fraction of sp³-hybridized carbons (Fsp3) is 0.200. The van der Waals surface area contributed by atoms with Crippen molar-refractivity contribution in [3.63, 3.8) is 0 Å². The molecular weight excluding hydrogens is 212 g/mol. The summed E-state index contributed by atoms with van der Waals surface area (Å²) in [5.41, 5.74) is 1.48. The molecule has 0 saturated heterocycles. The summed E-state index contributed by atoms with van der Waals surface area (Å²) in [4.78, 5) is 24.0. The molecule has 0 aromatic heterocycles. The molecule has 17 heavy (non-hydrogen) atoms. The molecule has 2 rings (SSSR count). The minimum absolute atomic E-state index is 0.0386. The topological polar surface area (TPSA) is 34.1 Å². The van der Waals surface area contributed by atoms with E-state index < -0.39 is 0 Å². The van der Waals surface area contributed by atoms with Crippen molar-refractivity contribution >= 4 is 11.6 Å². The Morgan fingerprint density at radius 3 is 2.53 bits per heavy atom. The molecule has 0 heterocycles. The molecule has 0 bridgehead atoms. The number of hydrogen-bond acceptors (Lipinski definition) is 2. The largest absolute Gasteiger partial charge is 0.289 e. The van der Waals surface area contributed by atoms with Crippen molar-refractivity contribution in [2.75, 3.05) is 0 Å². The standard InChI is InChI=1S/C15H12O2/c1-3-10(2)8-11-9-14(16)12-6-4-5-7-13(12)15(11)17/h1,4-7,9-10H,8H2,2H3. The molecule has 2 nitrogen and oxygen atoms in total. The molecule has 0 radical (unpaired) electrons. The Kier molecular flexibility index (Phi) is 2.93. The summed E-state index contributed by atoms with van der Waals surface area (Å²) in [6.07, 6.45) is 7.16. The van der Waals surface area contributed by atoms with Crippen molar-refractivity contribution < 1.29 is 9.59 Å². The van der Waals surface area contributed by atoms with Crippen LogP contribution in [0.4, 0.5) is 0 Å². The molecule has 0 fully saturated rings. The highest BCUT2D eigenvalue weighted by Crippen LogP contribution is 2.24. The maximum absolute atomic E-state index is 12.1. The third-order valence-electron chi connectivity index (χ3n) is 2.84. The summed E-state index contributed by atoms with van der Waals surface area (Å²) in [5.74, 6) is 2.34. The van der Waals surface area contributed by atoms with Crippen LogP contribution in [0.3, 0.4) is 0 Å². The van der Waals surface area contributed by atoms with E-state index in [9.17, 15) is 9.59 Å². The zero-order valence-electron chi connectivity index (χ0n) is 9.57. The van der Waals surface area contributed by atoms with Gasteiger partial charge in [0.1, 0.15) is 0 Å². The van der Waals surface area contributed by atoms with Crippen molar-refractivity contribution in [1.29, 1.82) is 0 Å². The van der Waals surface area contributed by atoms with Crippen LogP contribution in [0, 0.1) is 18.3 Å². The number of Topliss-reactive ketones (excluding diaryl/α,β-unsaturated/α-hetero) is 1. The number of fused-ring (bicyclic) bond motifs is 1. The number of benzene rings is 1. The van der Waals surface area contributed by atoms with Gasteiger partial charge in [-0.1, -0.05) is 31.2 Å². The molecule has 1 aliphatic rings. The van der Waals surface area contributed by atoms with Crippen LogP contribution in [0.5, 0.6) is 0 Å². The van der Waals surface area contributed by atoms with Gasteiger partial charge in [0.05, 0.1) is 0 Å². The third kappa shape index (κ3) is 2.05. The first-order valence-electron chi connectivity index (χ1n) is 5.48. The molecule has 1 unspecified atom stereocenters. The van der Waals surface area contributed by atoms with E-state index in [0.717, 1.165) is 0 Å². The van der Waals surface area contributed by atoms with Crippen LogP contribution in [0.1, 0.15) is 34.1 Å². The Hall–Kier alpha value is -2.14. The van der Waals surface area contributed by atoms with Crippen LogP contribution < -0.4 is 0 Å². The highest BCUT2D eigenvalue weighted by molar-refractivity contribution is 6.24. The number of rotatable bonds is 2. The molecule has 0 N–H and O–H groups in total. The summed E-state index contributed by atoms with van der Waals surface area (Å²) >= 11 is 0. The van der Waals surface area contributed by atoms with Crippen molar-refractivity contribution in [1.82, 2.24) is 0 Å². The average molecular weight is 224 g/mol. The van der Waals surface area contributed by atoms with Gasteiger partial charge in [-0.25, -0.2) is 0 Å². The van der Waals surface area contributed by atoms with Crippen LogP contribution in [-0.2, 0) is 0 Å². The molecule has 1 aromatic rings. The van der Waals surface area contributed by atoms with Gasteiger partial charge in [-0.2, -0.15) is 0 Å². The van der Waals surface area contributed by atoms with E-state index in [0.29, 0.717) is 23.1 Å². The van der Waals surface area contributed by atoms with Gasteiger partial charge in [0.15, 0.2) is 11.6 Å². The first-order valence-corrected chi connectivity index (χ1v) is 5.48. The lowest BCUT2D eigenvalue weighted by atomic mass is 9.86. The second-order valence-corrected chi connectivity index (χ2v) is 4.18. The van der Waals surface area contributed by atoms with E-state index >= 15 is 0 Å². The number of carbonyl (C=O) groups is 2. The normalized spacial score (nSPS) is 15.9. The Balaban J connectivity index is 2.39. The van der Waals surface area contributed by atoms with Gasteiger partial charge in [-0.05, 0) is 12.5 Å². The summed E-state index contributed by atoms with van der Waals surface area (Å²) < 4.78 is 0. The van der Waals surface area contributed by atoms with Crippen LogP contribution >= 0.6 is 0 Å². The van der Waals surface area contributed by atoms with E-state index in [1.165, 1.54) is 6.08 Å². The van der Waals surface area contributed by atoms with Gasteiger partial charge < -0.3 is 0 Å². The molecule has 0 amide bonds. The number of ketones is 2. The molecule has 84 valence electrons. The lowest BCUT2D eigenvalue weighted by Crippen LogP contribution is -2.18. The van der Waals surface area contributed by atoms with E-state index in [4.69, 9.17) is 6.42 Å². The lowest BCUT2D eigenvalue weighted by molar-refractivity contribution is 0.0980. The van der Waals surface area contributed by atoms with E-state index in [1.807, 2.05) is 6.92 Å². The van der Waals surface area contributed by atoms with E-state index in [-0.39, 0.29) is 17.5 Å². The fourth-order valence-corrected chi connectivity index (χ4v) is 1.91. The minimum Gasteiger partial charge on any atom is -0.289 e. The van der Waals surface area contributed by atoms with Crippen LogP contribution in [-0.4, -0.2) is 11.6 Å². The highest BCUT2D eigenvalue weighted by atomic mass is 16.1. The molecule has 2 heteroatoms. The van der Waals surface area contributed by atoms with E-state index in [2.05, 4.69) is 5.92 Å². The van der Waals surface area contributed by atoms with Crippen LogP contribution in [0.15, 0.2) is 35.9 Å². The second kappa shape index (κ2) is 4.39. The smallest absolute Gasteiger partial charge is 0.189 e. The summed E-state index contributed by atoms with van der Waals surface area (Å²) in [6, 6.07) is 6.88. The third-order valence-corrected chi connectivity index (χ3v) is 2.84. The number of hydrogen-bond donors (Lipinski definition) is 0.